The Hall–Kier alpha value is -1.75. The third-order valence-electron chi connectivity index (χ3n) is 3.32. The minimum absolute atomic E-state index is 0.213. The lowest BCUT2D eigenvalue weighted by atomic mass is 10.1. The number of aliphatic carboxylic acids is 1. The van der Waals surface area contributed by atoms with Crippen LogP contribution in [0.5, 0.6) is 5.75 Å². The van der Waals surface area contributed by atoms with Gasteiger partial charge in [-0.05, 0) is 49.9 Å². The summed E-state index contributed by atoms with van der Waals surface area (Å²) in [6.07, 6.45) is 0.931. The van der Waals surface area contributed by atoms with E-state index in [2.05, 4.69) is 5.32 Å². The molecule has 0 atom stereocenters. The summed E-state index contributed by atoms with van der Waals surface area (Å²) in [7, 11) is 0. The van der Waals surface area contributed by atoms with Crippen molar-refractivity contribution < 1.29 is 19.4 Å². The summed E-state index contributed by atoms with van der Waals surface area (Å²) in [6, 6.07) is 3.49. The molecular formula is C14H16ClNO4. The smallest absolute Gasteiger partial charge is 0.329 e. The molecule has 1 amide bonds. The van der Waals surface area contributed by atoms with Crippen molar-refractivity contribution in [3.8, 4) is 5.75 Å². The van der Waals surface area contributed by atoms with E-state index in [9.17, 15) is 9.59 Å². The molecule has 0 unspecified atom stereocenters. The molecule has 2 N–H and O–H groups in total. The molecule has 20 heavy (non-hydrogen) atoms. The first-order valence-corrected chi connectivity index (χ1v) is 6.66. The number of carbonyl (C=O) groups excluding carboxylic acids is 1. The van der Waals surface area contributed by atoms with E-state index in [-0.39, 0.29) is 6.61 Å². The van der Waals surface area contributed by atoms with Crippen LogP contribution in [0.2, 0.25) is 5.02 Å². The highest BCUT2D eigenvalue weighted by Gasteiger charge is 2.51. The number of halogens is 1. The maximum Gasteiger partial charge on any atom is 0.329 e. The highest BCUT2D eigenvalue weighted by Crippen LogP contribution is 2.35. The summed E-state index contributed by atoms with van der Waals surface area (Å²) in [5, 5.41) is 12.1. The van der Waals surface area contributed by atoms with E-state index in [0.29, 0.717) is 23.6 Å². The number of amides is 1. The SMILES string of the molecule is Cc1cc(OCC(=O)NC2(C(=O)O)CC2)cc(C)c1Cl. The van der Waals surface area contributed by atoms with Gasteiger partial charge in [-0.2, -0.15) is 0 Å². The average molecular weight is 298 g/mol. The summed E-state index contributed by atoms with van der Waals surface area (Å²) < 4.78 is 5.37. The Morgan fingerprint density at radius 2 is 1.90 bits per heavy atom. The van der Waals surface area contributed by atoms with Gasteiger partial charge in [-0.3, -0.25) is 4.79 Å². The van der Waals surface area contributed by atoms with Gasteiger partial charge in [0.2, 0.25) is 0 Å². The number of nitrogens with one attached hydrogen (secondary N) is 1. The number of aryl methyl sites for hydroxylation is 2. The summed E-state index contributed by atoms with van der Waals surface area (Å²) in [4.78, 5) is 22.6. The van der Waals surface area contributed by atoms with Crippen LogP contribution in [0.3, 0.4) is 0 Å². The number of hydrogen-bond donors (Lipinski definition) is 2. The van der Waals surface area contributed by atoms with Gasteiger partial charge in [-0.1, -0.05) is 11.6 Å². The fraction of sp³-hybridized carbons (Fsp3) is 0.429. The van der Waals surface area contributed by atoms with E-state index in [1.54, 1.807) is 12.1 Å². The largest absolute Gasteiger partial charge is 0.484 e. The average Bonchev–Trinajstić information content (AvgIpc) is 3.14. The molecule has 1 aromatic carbocycles. The summed E-state index contributed by atoms with van der Waals surface area (Å²) in [6.45, 7) is 3.49. The molecule has 6 heteroatoms. The van der Waals surface area contributed by atoms with E-state index >= 15 is 0 Å². The molecule has 1 saturated carbocycles. The molecule has 0 bridgehead atoms. The Labute approximate surface area is 121 Å². The molecule has 5 nitrogen and oxygen atoms in total. The predicted molar refractivity (Wildman–Crippen MR) is 74.2 cm³/mol. The zero-order chi connectivity index (χ0) is 14.9. The van der Waals surface area contributed by atoms with Gasteiger partial charge < -0.3 is 15.2 Å². The molecule has 0 heterocycles. The van der Waals surface area contributed by atoms with Gasteiger partial charge in [0.15, 0.2) is 6.61 Å². The van der Waals surface area contributed by atoms with Gasteiger partial charge in [0, 0.05) is 5.02 Å². The molecule has 1 aliphatic rings. The van der Waals surface area contributed by atoms with Crippen LogP contribution in [-0.2, 0) is 9.59 Å². The van der Waals surface area contributed by atoms with Crippen molar-refractivity contribution in [1.82, 2.24) is 5.32 Å². The van der Waals surface area contributed by atoms with E-state index in [4.69, 9.17) is 21.4 Å². The standard InChI is InChI=1S/C14H16ClNO4/c1-8-5-10(6-9(2)12(8)15)20-7-11(17)16-14(3-4-14)13(18)19/h5-6H,3-4,7H2,1-2H3,(H,16,17)(H,18,19). The summed E-state index contributed by atoms with van der Waals surface area (Å²) in [5.74, 6) is -0.890. The van der Waals surface area contributed by atoms with E-state index in [1.165, 1.54) is 0 Å². The molecule has 0 saturated heterocycles. The summed E-state index contributed by atoms with van der Waals surface area (Å²) in [5.41, 5.74) is 0.657. The number of carboxylic acid groups (broad SMARTS) is 1. The topological polar surface area (TPSA) is 75.6 Å². The lowest BCUT2D eigenvalue weighted by Gasteiger charge is -2.13. The second-order valence-electron chi connectivity index (χ2n) is 5.10. The van der Waals surface area contributed by atoms with Gasteiger partial charge >= 0.3 is 5.97 Å². The van der Waals surface area contributed by atoms with Crippen LogP contribution in [-0.4, -0.2) is 29.1 Å². The van der Waals surface area contributed by atoms with Crippen molar-refractivity contribution in [1.29, 1.82) is 0 Å². The Kier molecular flexibility index (Phi) is 3.90. The lowest BCUT2D eigenvalue weighted by molar-refractivity contribution is -0.143. The van der Waals surface area contributed by atoms with Gasteiger partial charge in [-0.25, -0.2) is 4.79 Å². The van der Waals surface area contributed by atoms with Crippen molar-refractivity contribution in [2.45, 2.75) is 32.2 Å². The quantitative estimate of drug-likeness (QED) is 0.872. The van der Waals surface area contributed by atoms with Crippen molar-refractivity contribution >= 4 is 23.5 Å². The molecule has 0 spiro atoms. The predicted octanol–water partition coefficient (Wildman–Crippen LogP) is 2.07. The first-order valence-electron chi connectivity index (χ1n) is 6.28. The number of ether oxygens (including phenoxy) is 1. The molecule has 0 aliphatic heterocycles. The van der Waals surface area contributed by atoms with Crippen molar-refractivity contribution in [2.24, 2.45) is 0 Å². The molecule has 1 fully saturated rings. The first-order chi connectivity index (χ1) is 9.34. The van der Waals surface area contributed by atoms with E-state index < -0.39 is 17.4 Å². The number of benzene rings is 1. The van der Waals surface area contributed by atoms with Crippen LogP contribution in [0.25, 0.3) is 0 Å². The lowest BCUT2D eigenvalue weighted by Crippen LogP contribution is -2.45. The summed E-state index contributed by atoms with van der Waals surface area (Å²) >= 11 is 6.04. The fourth-order valence-corrected chi connectivity index (χ4v) is 2.07. The second kappa shape index (κ2) is 5.32. The number of hydrogen-bond acceptors (Lipinski definition) is 3. The zero-order valence-corrected chi connectivity index (χ0v) is 12.1. The van der Waals surface area contributed by atoms with E-state index in [1.807, 2.05) is 13.8 Å². The van der Waals surface area contributed by atoms with Crippen LogP contribution in [0.4, 0.5) is 0 Å². The molecule has 0 aromatic heterocycles. The normalized spacial score (nSPS) is 15.6. The third kappa shape index (κ3) is 3.04. The minimum Gasteiger partial charge on any atom is -0.484 e. The Morgan fingerprint density at radius 1 is 1.35 bits per heavy atom. The Morgan fingerprint density at radius 3 is 2.35 bits per heavy atom. The minimum atomic E-state index is -1.08. The second-order valence-corrected chi connectivity index (χ2v) is 5.47. The number of carbonyl (C=O) groups is 2. The third-order valence-corrected chi connectivity index (χ3v) is 3.91. The maximum absolute atomic E-state index is 11.7. The van der Waals surface area contributed by atoms with Crippen molar-refractivity contribution in [3.05, 3.63) is 28.3 Å². The van der Waals surface area contributed by atoms with Crippen molar-refractivity contribution in [3.63, 3.8) is 0 Å². The molecular weight excluding hydrogens is 282 g/mol. The van der Waals surface area contributed by atoms with Crippen LogP contribution < -0.4 is 10.1 Å². The number of rotatable bonds is 5. The maximum atomic E-state index is 11.7. The molecule has 108 valence electrons. The van der Waals surface area contributed by atoms with Crippen LogP contribution in [0, 0.1) is 13.8 Å². The fourth-order valence-electron chi connectivity index (χ4n) is 1.96. The Bertz CT molecular complexity index is 543. The first kappa shape index (κ1) is 14.7. The molecule has 2 rings (SSSR count). The molecule has 1 aliphatic carbocycles. The molecule has 1 aromatic rings. The monoisotopic (exact) mass is 297 g/mol. The van der Waals surface area contributed by atoms with Gasteiger partial charge in [-0.15, -0.1) is 0 Å². The van der Waals surface area contributed by atoms with E-state index in [0.717, 1.165) is 11.1 Å². The highest BCUT2D eigenvalue weighted by molar-refractivity contribution is 6.32. The zero-order valence-electron chi connectivity index (χ0n) is 11.3. The van der Waals surface area contributed by atoms with Crippen LogP contribution >= 0.6 is 11.6 Å². The number of carboxylic acids is 1. The Balaban J connectivity index is 1.92. The van der Waals surface area contributed by atoms with Crippen LogP contribution in [0.1, 0.15) is 24.0 Å². The molecule has 0 radical (unpaired) electrons. The highest BCUT2D eigenvalue weighted by atomic mass is 35.5. The van der Waals surface area contributed by atoms with Crippen LogP contribution in [0.15, 0.2) is 12.1 Å². The van der Waals surface area contributed by atoms with Gasteiger partial charge in [0.1, 0.15) is 11.3 Å². The van der Waals surface area contributed by atoms with Gasteiger partial charge in [0.05, 0.1) is 0 Å². The van der Waals surface area contributed by atoms with Crippen molar-refractivity contribution in [2.75, 3.05) is 6.61 Å². The van der Waals surface area contributed by atoms with Gasteiger partial charge in [0.25, 0.3) is 5.91 Å².